The second-order valence-electron chi connectivity index (χ2n) is 7.46. The van der Waals surface area contributed by atoms with Gasteiger partial charge in [-0.2, -0.15) is 0 Å². The molecule has 1 saturated carbocycles. The molecule has 4 rings (SSSR count). The Hall–Kier alpha value is -2.62. The molecule has 1 amide bonds. The number of amides is 1. The fraction of sp³-hybridized carbons (Fsp3) is 0.391. The molecule has 0 spiro atoms. The first-order valence-electron chi connectivity index (χ1n) is 9.84. The first-order chi connectivity index (χ1) is 13.2. The number of hydrogen-bond acceptors (Lipinski definition) is 3. The van der Waals surface area contributed by atoms with E-state index >= 15 is 0 Å². The summed E-state index contributed by atoms with van der Waals surface area (Å²) in [6.45, 7) is 0.976. The SMILES string of the molecule is O=C(OCc1ccccc1)[C@@H]1CCCC[C@@H]1C(=O)N1CCc2ccccc21. The zero-order chi connectivity index (χ0) is 18.6. The van der Waals surface area contributed by atoms with Crippen LogP contribution >= 0.6 is 0 Å². The number of para-hydroxylation sites is 1. The number of rotatable bonds is 4. The molecular formula is C23H25NO3. The number of ether oxygens (including phenoxy) is 1. The number of benzene rings is 2. The Balaban J connectivity index is 1.46. The van der Waals surface area contributed by atoms with Crippen LogP contribution in [0.3, 0.4) is 0 Å². The number of carbonyl (C=O) groups is 2. The minimum atomic E-state index is -0.331. The highest BCUT2D eigenvalue weighted by atomic mass is 16.5. The summed E-state index contributed by atoms with van der Waals surface area (Å²) in [5.41, 5.74) is 3.19. The van der Waals surface area contributed by atoms with Crippen LogP contribution in [0, 0.1) is 11.8 Å². The summed E-state index contributed by atoms with van der Waals surface area (Å²) in [6, 6.07) is 17.8. The number of nitrogens with zero attached hydrogens (tertiary/aromatic N) is 1. The molecule has 1 fully saturated rings. The molecule has 140 valence electrons. The van der Waals surface area contributed by atoms with Gasteiger partial charge in [-0.1, -0.05) is 61.4 Å². The molecular weight excluding hydrogens is 338 g/mol. The van der Waals surface area contributed by atoms with Crippen LogP contribution in [0.5, 0.6) is 0 Å². The molecule has 1 aliphatic carbocycles. The molecule has 2 aromatic rings. The van der Waals surface area contributed by atoms with Crippen molar-refractivity contribution in [1.82, 2.24) is 0 Å². The predicted molar refractivity (Wildman–Crippen MR) is 104 cm³/mol. The van der Waals surface area contributed by atoms with Gasteiger partial charge in [0.15, 0.2) is 0 Å². The van der Waals surface area contributed by atoms with E-state index in [2.05, 4.69) is 6.07 Å². The van der Waals surface area contributed by atoms with Crippen LogP contribution in [0.4, 0.5) is 5.69 Å². The van der Waals surface area contributed by atoms with Crippen molar-refractivity contribution in [3.8, 4) is 0 Å². The van der Waals surface area contributed by atoms with E-state index in [4.69, 9.17) is 4.74 Å². The smallest absolute Gasteiger partial charge is 0.310 e. The highest BCUT2D eigenvalue weighted by Gasteiger charge is 2.40. The van der Waals surface area contributed by atoms with Gasteiger partial charge in [0.05, 0.1) is 11.8 Å². The Morgan fingerprint density at radius 2 is 1.63 bits per heavy atom. The molecule has 0 aromatic heterocycles. The molecule has 4 heteroatoms. The van der Waals surface area contributed by atoms with E-state index in [0.717, 1.165) is 43.4 Å². The van der Waals surface area contributed by atoms with Crippen molar-refractivity contribution in [3.05, 3.63) is 65.7 Å². The van der Waals surface area contributed by atoms with Crippen LogP contribution in [-0.2, 0) is 27.4 Å². The minimum Gasteiger partial charge on any atom is -0.461 e. The zero-order valence-corrected chi connectivity index (χ0v) is 15.5. The lowest BCUT2D eigenvalue weighted by Crippen LogP contribution is -2.42. The lowest BCUT2D eigenvalue weighted by atomic mass is 9.78. The lowest BCUT2D eigenvalue weighted by Gasteiger charge is -2.32. The van der Waals surface area contributed by atoms with Crippen LogP contribution in [0.1, 0.15) is 36.8 Å². The molecule has 1 heterocycles. The van der Waals surface area contributed by atoms with Crippen molar-refractivity contribution in [2.45, 2.75) is 38.7 Å². The molecule has 0 unspecified atom stereocenters. The zero-order valence-electron chi connectivity index (χ0n) is 15.5. The number of carbonyl (C=O) groups excluding carboxylic acids is 2. The molecule has 0 radical (unpaired) electrons. The van der Waals surface area contributed by atoms with E-state index in [1.54, 1.807) is 0 Å². The van der Waals surface area contributed by atoms with Gasteiger partial charge in [-0.25, -0.2) is 0 Å². The normalized spacial score (nSPS) is 21.6. The van der Waals surface area contributed by atoms with Gasteiger partial charge in [0.2, 0.25) is 5.91 Å². The fourth-order valence-corrected chi connectivity index (χ4v) is 4.31. The maximum atomic E-state index is 13.3. The Morgan fingerprint density at radius 3 is 2.44 bits per heavy atom. The first-order valence-corrected chi connectivity index (χ1v) is 9.84. The van der Waals surface area contributed by atoms with Crippen molar-refractivity contribution >= 4 is 17.6 Å². The van der Waals surface area contributed by atoms with E-state index < -0.39 is 0 Å². The van der Waals surface area contributed by atoms with Gasteiger partial charge in [-0.05, 0) is 36.5 Å². The summed E-state index contributed by atoms with van der Waals surface area (Å²) in [6.07, 6.45) is 4.36. The fourth-order valence-electron chi connectivity index (χ4n) is 4.31. The highest BCUT2D eigenvalue weighted by Crippen LogP contribution is 2.36. The average molecular weight is 363 g/mol. The van der Waals surface area contributed by atoms with E-state index in [1.165, 1.54) is 5.56 Å². The Kier molecular flexibility index (Phi) is 5.23. The summed E-state index contributed by atoms with van der Waals surface area (Å²) in [7, 11) is 0. The van der Waals surface area contributed by atoms with Crippen molar-refractivity contribution in [1.29, 1.82) is 0 Å². The van der Waals surface area contributed by atoms with Crippen molar-refractivity contribution in [2.24, 2.45) is 11.8 Å². The third-order valence-electron chi connectivity index (χ3n) is 5.76. The number of anilines is 1. The average Bonchev–Trinajstić information content (AvgIpc) is 3.16. The molecule has 2 aliphatic rings. The maximum absolute atomic E-state index is 13.3. The minimum absolute atomic E-state index is 0.0845. The summed E-state index contributed by atoms with van der Waals surface area (Å²) in [5, 5.41) is 0. The van der Waals surface area contributed by atoms with Crippen molar-refractivity contribution in [3.63, 3.8) is 0 Å². The molecule has 2 aromatic carbocycles. The molecule has 27 heavy (non-hydrogen) atoms. The van der Waals surface area contributed by atoms with Crippen LogP contribution in [-0.4, -0.2) is 18.4 Å². The first kappa shape index (κ1) is 17.8. The molecule has 0 bridgehead atoms. The van der Waals surface area contributed by atoms with Crippen molar-refractivity contribution < 1.29 is 14.3 Å². The van der Waals surface area contributed by atoms with E-state index in [9.17, 15) is 9.59 Å². The van der Waals surface area contributed by atoms with Gasteiger partial charge in [0.25, 0.3) is 0 Å². The Bertz CT molecular complexity index is 817. The third kappa shape index (κ3) is 3.75. The largest absolute Gasteiger partial charge is 0.461 e. The van der Waals surface area contributed by atoms with Gasteiger partial charge in [-0.15, -0.1) is 0 Å². The second-order valence-corrected chi connectivity index (χ2v) is 7.46. The quantitative estimate of drug-likeness (QED) is 0.768. The topological polar surface area (TPSA) is 46.6 Å². The molecule has 0 N–H and O–H groups in total. The third-order valence-corrected chi connectivity index (χ3v) is 5.76. The second kappa shape index (κ2) is 7.95. The molecule has 4 nitrogen and oxygen atoms in total. The number of esters is 1. The number of hydrogen-bond donors (Lipinski definition) is 0. The summed E-state index contributed by atoms with van der Waals surface area (Å²) in [4.78, 5) is 27.9. The van der Waals surface area contributed by atoms with Gasteiger partial charge in [0.1, 0.15) is 6.61 Å². The molecule has 1 aliphatic heterocycles. The number of fused-ring (bicyclic) bond motifs is 1. The van der Waals surface area contributed by atoms with Crippen LogP contribution in [0.2, 0.25) is 0 Å². The van der Waals surface area contributed by atoms with E-state index in [0.29, 0.717) is 6.54 Å². The standard InChI is InChI=1S/C23H25NO3/c25-22(24-15-14-18-10-4-7-13-21(18)24)19-11-5-6-12-20(19)23(26)27-16-17-8-2-1-3-9-17/h1-4,7-10,13,19-20H,5-6,11-12,14-16H2/t19-,20+/m0/s1. The van der Waals surface area contributed by atoms with Crippen LogP contribution in [0.15, 0.2) is 54.6 Å². The Labute approximate surface area is 160 Å². The predicted octanol–water partition coefficient (Wildman–Crippen LogP) is 4.13. The Morgan fingerprint density at radius 1 is 0.926 bits per heavy atom. The van der Waals surface area contributed by atoms with Gasteiger partial charge < -0.3 is 9.64 Å². The van der Waals surface area contributed by atoms with E-state index in [-0.39, 0.29) is 30.3 Å². The van der Waals surface area contributed by atoms with Crippen molar-refractivity contribution in [2.75, 3.05) is 11.4 Å². The molecule has 0 saturated heterocycles. The van der Waals surface area contributed by atoms with E-state index in [1.807, 2.05) is 53.4 Å². The monoisotopic (exact) mass is 363 g/mol. The van der Waals surface area contributed by atoms with Crippen LogP contribution < -0.4 is 4.90 Å². The lowest BCUT2D eigenvalue weighted by molar-refractivity contribution is -0.155. The molecule has 2 atom stereocenters. The summed E-state index contributed by atoms with van der Waals surface area (Å²) < 4.78 is 5.57. The maximum Gasteiger partial charge on any atom is 0.310 e. The summed E-state index contributed by atoms with van der Waals surface area (Å²) >= 11 is 0. The van der Waals surface area contributed by atoms with Gasteiger partial charge in [0, 0.05) is 12.2 Å². The van der Waals surface area contributed by atoms with Gasteiger partial charge >= 0.3 is 5.97 Å². The van der Waals surface area contributed by atoms with Crippen LogP contribution in [0.25, 0.3) is 0 Å². The van der Waals surface area contributed by atoms with Gasteiger partial charge in [-0.3, -0.25) is 9.59 Å². The highest BCUT2D eigenvalue weighted by molar-refractivity contribution is 5.99. The summed E-state index contributed by atoms with van der Waals surface area (Å²) in [5.74, 6) is -0.749.